The van der Waals surface area contributed by atoms with Crippen molar-refractivity contribution in [3.05, 3.63) is 47.0 Å². The molecule has 2 heterocycles. The molecule has 8 heteroatoms. The fraction of sp³-hybridized carbons (Fsp3) is 0.333. The highest BCUT2D eigenvalue weighted by Crippen LogP contribution is 2.17. The molecule has 2 N–H and O–H groups in total. The minimum atomic E-state index is -0.540. The largest absolute Gasteiger partial charge is 0.482 e. The van der Waals surface area contributed by atoms with Crippen LogP contribution in [0, 0.1) is 5.82 Å². The van der Waals surface area contributed by atoms with Gasteiger partial charge in [0.1, 0.15) is 11.9 Å². The van der Waals surface area contributed by atoms with E-state index in [0.29, 0.717) is 24.5 Å². The normalized spacial score (nSPS) is 20.4. The molecule has 0 saturated carbocycles. The van der Waals surface area contributed by atoms with Gasteiger partial charge in [-0.15, -0.1) is 0 Å². The van der Waals surface area contributed by atoms with Gasteiger partial charge in [0.05, 0.1) is 43.1 Å². The number of nitrogens with zero attached hydrogens (tertiary/aromatic N) is 1. The summed E-state index contributed by atoms with van der Waals surface area (Å²) in [6, 6.07) is 4.04. The molecule has 2 atom stereocenters. The van der Waals surface area contributed by atoms with Crippen molar-refractivity contribution in [2.24, 2.45) is 0 Å². The number of carbonyl (C=O) groups is 1. The highest BCUT2D eigenvalue weighted by Gasteiger charge is 2.31. The standard InChI is InChI=1S/C15H15ClFN3O3/c16-11-2-1-9(3-12(11)17)4-15(21)20-13-7-22-8-14(13)23-10-5-18-19-6-10/h1-3,5-6,13-14H,4,7-8H2,(H,18,19)(H,20,21)/t13-,14+/m0/s1. The predicted molar refractivity (Wildman–Crippen MR) is 80.9 cm³/mol. The number of benzene rings is 1. The fourth-order valence-electron chi connectivity index (χ4n) is 2.36. The summed E-state index contributed by atoms with van der Waals surface area (Å²) in [6.07, 6.45) is 2.93. The molecule has 0 radical (unpaired) electrons. The van der Waals surface area contributed by atoms with Crippen molar-refractivity contribution in [1.29, 1.82) is 0 Å². The lowest BCUT2D eigenvalue weighted by Crippen LogP contribution is -2.45. The van der Waals surface area contributed by atoms with Crippen LogP contribution < -0.4 is 10.1 Å². The molecule has 0 bridgehead atoms. The van der Waals surface area contributed by atoms with E-state index in [2.05, 4.69) is 15.5 Å². The molecular formula is C15H15ClFN3O3. The Morgan fingerprint density at radius 3 is 3.13 bits per heavy atom. The molecule has 1 saturated heterocycles. The van der Waals surface area contributed by atoms with Gasteiger partial charge < -0.3 is 14.8 Å². The molecule has 1 aromatic carbocycles. The van der Waals surface area contributed by atoms with Crippen LogP contribution in [0.4, 0.5) is 4.39 Å². The van der Waals surface area contributed by atoms with Gasteiger partial charge in [-0.05, 0) is 17.7 Å². The molecule has 1 aromatic heterocycles. The molecule has 23 heavy (non-hydrogen) atoms. The van der Waals surface area contributed by atoms with E-state index >= 15 is 0 Å². The number of aromatic amines is 1. The number of halogens is 2. The highest BCUT2D eigenvalue weighted by atomic mass is 35.5. The van der Waals surface area contributed by atoms with Crippen LogP contribution in [0.1, 0.15) is 5.56 Å². The number of H-pyrrole nitrogens is 1. The van der Waals surface area contributed by atoms with Crippen molar-refractivity contribution in [3.63, 3.8) is 0 Å². The molecular weight excluding hydrogens is 325 g/mol. The monoisotopic (exact) mass is 339 g/mol. The minimum absolute atomic E-state index is 0.0342. The fourth-order valence-corrected chi connectivity index (χ4v) is 2.47. The van der Waals surface area contributed by atoms with Crippen LogP contribution in [0.25, 0.3) is 0 Å². The zero-order chi connectivity index (χ0) is 16.2. The lowest BCUT2D eigenvalue weighted by molar-refractivity contribution is -0.121. The van der Waals surface area contributed by atoms with Gasteiger partial charge in [-0.2, -0.15) is 5.10 Å². The van der Waals surface area contributed by atoms with Gasteiger partial charge in [-0.1, -0.05) is 17.7 Å². The van der Waals surface area contributed by atoms with Crippen molar-refractivity contribution in [2.45, 2.75) is 18.6 Å². The molecule has 1 aliphatic rings. The number of nitrogens with one attached hydrogen (secondary N) is 2. The van der Waals surface area contributed by atoms with Crippen LogP contribution in [-0.2, 0) is 16.0 Å². The maximum absolute atomic E-state index is 13.4. The third-order valence-electron chi connectivity index (χ3n) is 3.48. The molecule has 122 valence electrons. The van der Waals surface area contributed by atoms with Gasteiger partial charge in [0.15, 0.2) is 5.75 Å². The minimum Gasteiger partial charge on any atom is -0.482 e. The summed E-state index contributed by atoms with van der Waals surface area (Å²) in [5, 5.41) is 9.33. The average molecular weight is 340 g/mol. The zero-order valence-corrected chi connectivity index (χ0v) is 12.8. The number of rotatable bonds is 5. The van der Waals surface area contributed by atoms with Gasteiger partial charge in [-0.3, -0.25) is 9.89 Å². The quantitative estimate of drug-likeness (QED) is 0.869. The Morgan fingerprint density at radius 2 is 2.39 bits per heavy atom. The second kappa shape index (κ2) is 6.97. The zero-order valence-electron chi connectivity index (χ0n) is 12.1. The van der Waals surface area contributed by atoms with Crippen LogP contribution in [0.15, 0.2) is 30.6 Å². The maximum Gasteiger partial charge on any atom is 0.224 e. The summed E-state index contributed by atoms with van der Waals surface area (Å²) in [7, 11) is 0. The Kier molecular flexibility index (Phi) is 4.78. The van der Waals surface area contributed by atoms with Gasteiger partial charge in [0.2, 0.25) is 5.91 Å². The summed E-state index contributed by atoms with van der Waals surface area (Å²) in [5.41, 5.74) is 0.551. The first-order valence-corrected chi connectivity index (χ1v) is 7.46. The number of ether oxygens (including phenoxy) is 2. The molecule has 0 spiro atoms. The molecule has 1 aliphatic heterocycles. The number of hydrogen-bond donors (Lipinski definition) is 2. The number of carbonyl (C=O) groups excluding carboxylic acids is 1. The second-order valence-electron chi connectivity index (χ2n) is 5.23. The summed E-state index contributed by atoms with van der Waals surface area (Å²) in [4.78, 5) is 12.1. The van der Waals surface area contributed by atoms with Crippen molar-refractivity contribution in [2.75, 3.05) is 13.2 Å². The van der Waals surface area contributed by atoms with E-state index < -0.39 is 5.82 Å². The van der Waals surface area contributed by atoms with Gasteiger partial charge in [-0.25, -0.2) is 4.39 Å². The van der Waals surface area contributed by atoms with E-state index in [0.717, 1.165) is 0 Å². The van der Waals surface area contributed by atoms with Crippen molar-refractivity contribution in [3.8, 4) is 5.75 Å². The van der Waals surface area contributed by atoms with Crippen molar-refractivity contribution >= 4 is 17.5 Å². The molecule has 0 unspecified atom stereocenters. The Labute approximate surface area is 136 Å². The van der Waals surface area contributed by atoms with E-state index in [1.54, 1.807) is 18.5 Å². The Bertz CT molecular complexity index is 681. The average Bonchev–Trinajstić information content (AvgIpc) is 3.16. The maximum atomic E-state index is 13.4. The van der Waals surface area contributed by atoms with E-state index in [1.807, 2.05) is 0 Å². The first-order valence-electron chi connectivity index (χ1n) is 7.08. The van der Waals surface area contributed by atoms with Crippen LogP contribution >= 0.6 is 11.6 Å². The Morgan fingerprint density at radius 1 is 1.52 bits per heavy atom. The van der Waals surface area contributed by atoms with E-state index in [9.17, 15) is 9.18 Å². The smallest absolute Gasteiger partial charge is 0.224 e. The molecule has 3 rings (SSSR count). The summed E-state index contributed by atoms with van der Waals surface area (Å²) < 4.78 is 24.5. The first-order chi connectivity index (χ1) is 11.1. The van der Waals surface area contributed by atoms with Crippen LogP contribution in [0.5, 0.6) is 5.75 Å². The Balaban J connectivity index is 1.57. The van der Waals surface area contributed by atoms with E-state index in [1.165, 1.54) is 12.1 Å². The summed E-state index contributed by atoms with van der Waals surface area (Å²) in [6.45, 7) is 0.745. The molecule has 6 nitrogen and oxygen atoms in total. The predicted octanol–water partition coefficient (Wildman–Crippen LogP) is 1.71. The van der Waals surface area contributed by atoms with Gasteiger partial charge in [0.25, 0.3) is 0 Å². The lowest BCUT2D eigenvalue weighted by Gasteiger charge is -2.19. The van der Waals surface area contributed by atoms with Crippen LogP contribution in [-0.4, -0.2) is 41.5 Å². The number of amides is 1. The van der Waals surface area contributed by atoms with E-state index in [-0.39, 0.29) is 29.5 Å². The van der Waals surface area contributed by atoms with Gasteiger partial charge >= 0.3 is 0 Å². The summed E-state index contributed by atoms with van der Waals surface area (Å²) in [5.74, 6) is -0.190. The second-order valence-corrected chi connectivity index (χ2v) is 5.63. The number of aromatic nitrogens is 2. The third kappa shape index (κ3) is 4.00. The van der Waals surface area contributed by atoms with Crippen molar-refractivity contribution < 1.29 is 18.7 Å². The lowest BCUT2D eigenvalue weighted by atomic mass is 10.1. The SMILES string of the molecule is O=C(Cc1ccc(Cl)c(F)c1)N[C@H]1COC[C@H]1Oc1cn[nH]c1. The van der Waals surface area contributed by atoms with Gasteiger partial charge in [0, 0.05) is 0 Å². The third-order valence-corrected chi connectivity index (χ3v) is 3.79. The van der Waals surface area contributed by atoms with E-state index in [4.69, 9.17) is 21.1 Å². The first kappa shape index (κ1) is 15.8. The number of hydrogen-bond acceptors (Lipinski definition) is 4. The summed E-state index contributed by atoms with van der Waals surface area (Å²) >= 11 is 5.63. The van der Waals surface area contributed by atoms with Crippen molar-refractivity contribution in [1.82, 2.24) is 15.5 Å². The Hall–Kier alpha value is -2.12. The van der Waals surface area contributed by atoms with Crippen LogP contribution in [0.2, 0.25) is 5.02 Å². The van der Waals surface area contributed by atoms with Crippen LogP contribution in [0.3, 0.4) is 0 Å². The molecule has 1 amide bonds. The molecule has 2 aromatic rings. The topological polar surface area (TPSA) is 76.2 Å². The molecule has 0 aliphatic carbocycles. The highest BCUT2D eigenvalue weighted by molar-refractivity contribution is 6.30. The molecule has 1 fully saturated rings.